The van der Waals surface area contributed by atoms with E-state index in [-0.39, 0.29) is 18.8 Å². The minimum Gasteiger partial charge on any atom is -0.467 e. The zero-order valence-electron chi connectivity index (χ0n) is 12.7. The Morgan fingerprint density at radius 1 is 1.09 bits per heavy atom. The van der Waals surface area contributed by atoms with Crippen molar-refractivity contribution in [2.75, 3.05) is 12.3 Å². The lowest BCUT2D eigenvalue weighted by atomic mass is 10.1. The lowest BCUT2D eigenvalue weighted by Gasteiger charge is -2.07. The molecule has 2 rings (SSSR count). The van der Waals surface area contributed by atoms with E-state index in [0.29, 0.717) is 18.6 Å². The van der Waals surface area contributed by atoms with Crippen LogP contribution in [0.3, 0.4) is 0 Å². The van der Waals surface area contributed by atoms with E-state index in [0.717, 1.165) is 5.56 Å². The van der Waals surface area contributed by atoms with Gasteiger partial charge in [0, 0.05) is 0 Å². The molecule has 0 spiro atoms. The van der Waals surface area contributed by atoms with Crippen molar-refractivity contribution in [3.05, 3.63) is 60.1 Å². The SMILES string of the molecule is O=C(CNS(=O)(=O)CCCc1ccccc1)NCc1ccco1. The van der Waals surface area contributed by atoms with E-state index in [1.165, 1.54) is 6.26 Å². The van der Waals surface area contributed by atoms with Crippen LogP contribution in [0.25, 0.3) is 0 Å². The molecule has 0 saturated carbocycles. The molecular formula is C16H20N2O4S. The van der Waals surface area contributed by atoms with Gasteiger partial charge in [0.25, 0.3) is 0 Å². The number of aryl methyl sites for hydroxylation is 1. The van der Waals surface area contributed by atoms with E-state index in [2.05, 4.69) is 10.0 Å². The Morgan fingerprint density at radius 2 is 1.87 bits per heavy atom. The van der Waals surface area contributed by atoms with Crippen molar-refractivity contribution in [1.29, 1.82) is 0 Å². The van der Waals surface area contributed by atoms with Crippen LogP contribution in [0.5, 0.6) is 0 Å². The van der Waals surface area contributed by atoms with E-state index >= 15 is 0 Å². The normalized spacial score (nSPS) is 11.3. The number of furan rings is 1. The van der Waals surface area contributed by atoms with Gasteiger partial charge in [-0.25, -0.2) is 13.1 Å². The second-order valence-corrected chi connectivity index (χ2v) is 7.01. The first-order valence-electron chi connectivity index (χ1n) is 7.35. The van der Waals surface area contributed by atoms with Gasteiger partial charge in [-0.3, -0.25) is 4.79 Å². The number of nitrogens with one attached hydrogen (secondary N) is 2. The Kier molecular flexibility index (Phi) is 6.37. The van der Waals surface area contributed by atoms with Crippen LogP contribution in [0.15, 0.2) is 53.1 Å². The Morgan fingerprint density at radius 3 is 2.57 bits per heavy atom. The van der Waals surface area contributed by atoms with Crippen molar-refractivity contribution in [2.45, 2.75) is 19.4 Å². The van der Waals surface area contributed by atoms with Gasteiger partial charge in [-0.05, 0) is 30.5 Å². The number of carbonyl (C=O) groups excluding carboxylic acids is 1. The smallest absolute Gasteiger partial charge is 0.235 e. The Hall–Kier alpha value is -2.12. The summed E-state index contributed by atoms with van der Waals surface area (Å²) in [5.74, 6) is 0.213. The number of rotatable bonds is 9. The largest absolute Gasteiger partial charge is 0.467 e. The number of carbonyl (C=O) groups is 1. The molecule has 7 heteroatoms. The quantitative estimate of drug-likeness (QED) is 0.725. The van der Waals surface area contributed by atoms with Crippen molar-refractivity contribution in [2.24, 2.45) is 0 Å². The first-order valence-corrected chi connectivity index (χ1v) is 9.01. The fourth-order valence-electron chi connectivity index (χ4n) is 2.02. The molecule has 0 aliphatic heterocycles. The molecule has 124 valence electrons. The highest BCUT2D eigenvalue weighted by Gasteiger charge is 2.12. The highest BCUT2D eigenvalue weighted by molar-refractivity contribution is 7.89. The minimum absolute atomic E-state index is 0.00659. The van der Waals surface area contributed by atoms with Crippen LogP contribution >= 0.6 is 0 Å². The van der Waals surface area contributed by atoms with Crippen LogP contribution < -0.4 is 10.0 Å². The van der Waals surface area contributed by atoms with Gasteiger partial charge in [0.2, 0.25) is 15.9 Å². The maximum atomic E-state index is 11.8. The lowest BCUT2D eigenvalue weighted by molar-refractivity contribution is -0.120. The average molecular weight is 336 g/mol. The van der Waals surface area contributed by atoms with E-state index < -0.39 is 15.9 Å². The van der Waals surface area contributed by atoms with Crippen molar-refractivity contribution in [1.82, 2.24) is 10.0 Å². The monoisotopic (exact) mass is 336 g/mol. The summed E-state index contributed by atoms with van der Waals surface area (Å²) in [5, 5.41) is 2.58. The van der Waals surface area contributed by atoms with Gasteiger partial charge >= 0.3 is 0 Å². The fraction of sp³-hybridized carbons (Fsp3) is 0.312. The summed E-state index contributed by atoms with van der Waals surface area (Å²) in [6.07, 6.45) is 2.71. The van der Waals surface area contributed by atoms with Gasteiger partial charge in [0.1, 0.15) is 5.76 Å². The third-order valence-electron chi connectivity index (χ3n) is 3.21. The molecule has 0 aliphatic rings. The number of hydrogen-bond acceptors (Lipinski definition) is 4. The predicted molar refractivity (Wildman–Crippen MR) is 87.1 cm³/mol. The van der Waals surface area contributed by atoms with Crippen LogP contribution in [0.1, 0.15) is 17.7 Å². The highest BCUT2D eigenvalue weighted by atomic mass is 32.2. The standard InChI is InChI=1S/C16H20N2O4S/c19-16(17-12-15-9-4-10-22-15)13-18-23(20,21)11-5-8-14-6-2-1-3-7-14/h1-4,6-7,9-10,18H,5,8,11-13H2,(H,17,19). The van der Waals surface area contributed by atoms with Gasteiger partial charge in [-0.1, -0.05) is 30.3 Å². The molecule has 0 saturated heterocycles. The van der Waals surface area contributed by atoms with Crippen molar-refractivity contribution >= 4 is 15.9 Å². The molecule has 0 fully saturated rings. The van der Waals surface area contributed by atoms with Crippen molar-refractivity contribution in [3.8, 4) is 0 Å². The topological polar surface area (TPSA) is 88.4 Å². The summed E-state index contributed by atoms with van der Waals surface area (Å²) in [6, 6.07) is 13.1. The molecule has 2 aromatic rings. The third-order valence-corrected chi connectivity index (χ3v) is 4.62. The summed E-state index contributed by atoms with van der Waals surface area (Å²) in [6.45, 7) is -0.0318. The Balaban J connectivity index is 1.65. The fourth-order valence-corrected chi connectivity index (χ4v) is 3.04. The molecular weight excluding hydrogens is 316 g/mol. The Bertz CT molecular complexity index is 697. The van der Waals surface area contributed by atoms with E-state index in [1.54, 1.807) is 12.1 Å². The molecule has 0 atom stereocenters. The summed E-state index contributed by atoms with van der Waals surface area (Å²) < 4.78 is 31.1. The first-order chi connectivity index (χ1) is 11.1. The van der Waals surface area contributed by atoms with E-state index in [4.69, 9.17) is 4.42 Å². The van der Waals surface area contributed by atoms with Gasteiger partial charge in [-0.15, -0.1) is 0 Å². The van der Waals surface area contributed by atoms with Crippen LogP contribution in [0, 0.1) is 0 Å². The molecule has 0 aliphatic carbocycles. The summed E-state index contributed by atoms with van der Waals surface area (Å²) in [7, 11) is -3.45. The molecule has 1 aromatic carbocycles. The molecule has 23 heavy (non-hydrogen) atoms. The van der Waals surface area contributed by atoms with Crippen LogP contribution in [-0.4, -0.2) is 26.6 Å². The third kappa shape index (κ3) is 6.66. The van der Waals surface area contributed by atoms with Crippen LogP contribution in [0.4, 0.5) is 0 Å². The molecule has 2 N–H and O–H groups in total. The predicted octanol–water partition coefficient (Wildman–Crippen LogP) is 1.45. The van der Waals surface area contributed by atoms with E-state index in [1.807, 2.05) is 30.3 Å². The lowest BCUT2D eigenvalue weighted by Crippen LogP contribution is -2.37. The van der Waals surface area contributed by atoms with Gasteiger partial charge in [0.05, 0.1) is 25.1 Å². The Labute approximate surface area is 135 Å². The van der Waals surface area contributed by atoms with Gasteiger partial charge < -0.3 is 9.73 Å². The van der Waals surface area contributed by atoms with Crippen molar-refractivity contribution in [3.63, 3.8) is 0 Å². The van der Waals surface area contributed by atoms with Crippen molar-refractivity contribution < 1.29 is 17.6 Å². The zero-order chi connectivity index (χ0) is 16.5. The van der Waals surface area contributed by atoms with Gasteiger partial charge in [0.15, 0.2) is 0 Å². The maximum absolute atomic E-state index is 11.8. The number of hydrogen-bond donors (Lipinski definition) is 2. The molecule has 0 bridgehead atoms. The van der Waals surface area contributed by atoms with Gasteiger partial charge in [-0.2, -0.15) is 0 Å². The summed E-state index contributed by atoms with van der Waals surface area (Å²) in [4.78, 5) is 11.6. The summed E-state index contributed by atoms with van der Waals surface area (Å²) >= 11 is 0. The molecule has 1 amide bonds. The second-order valence-electron chi connectivity index (χ2n) is 5.09. The van der Waals surface area contributed by atoms with E-state index in [9.17, 15) is 13.2 Å². The molecule has 0 unspecified atom stereocenters. The van der Waals surface area contributed by atoms with Crippen LogP contribution in [-0.2, 0) is 27.8 Å². The average Bonchev–Trinajstić information content (AvgIpc) is 3.05. The van der Waals surface area contributed by atoms with Crippen LogP contribution in [0.2, 0.25) is 0 Å². The summed E-state index contributed by atoms with van der Waals surface area (Å²) in [5.41, 5.74) is 1.10. The second kappa shape index (κ2) is 8.50. The number of sulfonamides is 1. The maximum Gasteiger partial charge on any atom is 0.235 e. The first kappa shape index (κ1) is 17.2. The number of amides is 1. The molecule has 1 heterocycles. The number of benzene rings is 1. The highest BCUT2D eigenvalue weighted by Crippen LogP contribution is 2.03. The zero-order valence-corrected chi connectivity index (χ0v) is 13.5. The molecule has 1 aromatic heterocycles. The molecule has 0 radical (unpaired) electrons. The molecule has 6 nitrogen and oxygen atoms in total. The minimum atomic E-state index is -3.45.